The van der Waals surface area contributed by atoms with Crippen molar-refractivity contribution in [2.75, 3.05) is 0 Å². The molecule has 1 aromatic heterocycles. The van der Waals surface area contributed by atoms with Crippen molar-refractivity contribution in [1.29, 1.82) is 0 Å². The molecule has 1 heterocycles. The summed E-state index contributed by atoms with van der Waals surface area (Å²) in [7, 11) is 0. The first-order chi connectivity index (χ1) is 11.7. The molecule has 0 aliphatic rings. The highest BCUT2D eigenvalue weighted by Gasteiger charge is 2.38. The van der Waals surface area contributed by atoms with Gasteiger partial charge in [0.1, 0.15) is 0 Å². The van der Waals surface area contributed by atoms with E-state index < -0.39 is 24.3 Å². The van der Waals surface area contributed by atoms with Crippen LogP contribution >= 0.6 is 11.3 Å². The highest BCUT2D eigenvalue weighted by atomic mass is 32.1. The number of aliphatic carboxylic acids is 2. The van der Waals surface area contributed by atoms with Crippen LogP contribution in [-0.4, -0.2) is 40.4 Å². The fraction of sp³-hybridized carbons (Fsp3) is 0.154. The average Bonchev–Trinajstić information content (AvgIpc) is 2.90. The van der Waals surface area contributed by atoms with Crippen molar-refractivity contribution in [3.05, 3.63) is 35.2 Å². The molecule has 0 atom stereocenters. The van der Waals surface area contributed by atoms with Crippen LogP contribution in [0.2, 0.25) is 0 Å². The minimum atomic E-state index is -5.08. The van der Waals surface area contributed by atoms with Gasteiger partial charge in [-0.25, -0.2) is 9.59 Å². The number of amides is 1. The fourth-order valence-corrected chi connectivity index (χ4v) is 2.02. The van der Waals surface area contributed by atoms with Crippen LogP contribution in [0.4, 0.5) is 26.3 Å². The number of hydrogen-bond acceptors (Lipinski definition) is 4. The Morgan fingerprint density at radius 2 is 1.27 bits per heavy atom. The van der Waals surface area contributed by atoms with Crippen molar-refractivity contribution in [1.82, 2.24) is 0 Å². The second kappa shape index (κ2) is 9.03. The Balaban J connectivity index is 0.000000390. The van der Waals surface area contributed by atoms with E-state index in [1.54, 1.807) is 0 Å². The van der Waals surface area contributed by atoms with Crippen LogP contribution in [0.3, 0.4) is 0 Å². The van der Waals surface area contributed by atoms with Crippen LogP contribution in [0.15, 0.2) is 30.3 Å². The number of primary amides is 1. The molecule has 0 aliphatic heterocycles. The number of rotatable bonds is 1. The lowest BCUT2D eigenvalue weighted by Crippen LogP contribution is -2.21. The first kappa shape index (κ1) is 23.2. The third-order valence-corrected chi connectivity index (χ3v) is 3.28. The summed E-state index contributed by atoms with van der Waals surface area (Å²) in [4.78, 5) is 29.2. The summed E-state index contributed by atoms with van der Waals surface area (Å²) in [5.41, 5.74) is 5.15. The van der Waals surface area contributed by atoms with Gasteiger partial charge in [-0.2, -0.15) is 26.3 Å². The zero-order chi connectivity index (χ0) is 20.7. The molecule has 2 rings (SSSR count). The molecule has 26 heavy (non-hydrogen) atoms. The molecule has 4 N–H and O–H groups in total. The molecule has 0 fully saturated rings. The van der Waals surface area contributed by atoms with Gasteiger partial charge in [0.2, 0.25) is 0 Å². The van der Waals surface area contributed by atoms with Crippen molar-refractivity contribution >= 4 is 39.3 Å². The molecule has 0 spiro atoms. The maximum Gasteiger partial charge on any atom is 0.490 e. The molecular weight excluding hydrogens is 396 g/mol. The van der Waals surface area contributed by atoms with Gasteiger partial charge in [0.05, 0.1) is 4.88 Å². The van der Waals surface area contributed by atoms with Crippen LogP contribution in [0.5, 0.6) is 0 Å². The number of carboxylic acids is 2. The number of carbonyl (C=O) groups is 3. The Labute approximate surface area is 144 Å². The van der Waals surface area contributed by atoms with Crippen molar-refractivity contribution in [3.63, 3.8) is 0 Å². The molecule has 2 aromatic rings. The number of carbonyl (C=O) groups excluding carboxylic acids is 1. The number of thiophene rings is 1. The van der Waals surface area contributed by atoms with Crippen molar-refractivity contribution in [2.24, 2.45) is 5.73 Å². The lowest BCUT2D eigenvalue weighted by molar-refractivity contribution is -0.193. The topological polar surface area (TPSA) is 118 Å². The Bertz CT molecular complexity index is 726. The van der Waals surface area contributed by atoms with E-state index in [2.05, 4.69) is 0 Å². The first-order valence-corrected chi connectivity index (χ1v) is 6.86. The first-order valence-electron chi connectivity index (χ1n) is 6.05. The molecule has 0 bridgehead atoms. The number of hydrogen-bond donors (Lipinski definition) is 3. The molecule has 1 aromatic carbocycles. The van der Waals surface area contributed by atoms with Gasteiger partial charge in [0.25, 0.3) is 5.91 Å². The van der Waals surface area contributed by atoms with E-state index in [4.69, 9.17) is 25.5 Å². The van der Waals surface area contributed by atoms with Gasteiger partial charge in [-0.1, -0.05) is 18.2 Å². The Hall–Kier alpha value is -2.83. The summed E-state index contributed by atoms with van der Waals surface area (Å²) in [6, 6.07) is 9.66. The molecule has 0 aliphatic carbocycles. The van der Waals surface area contributed by atoms with Gasteiger partial charge >= 0.3 is 24.3 Å². The molecule has 1 amide bonds. The highest BCUT2D eigenvalue weighted by molar-refractivity contribution is 7.20. The predicted octanol–water partition coefficient (Wildman–Crippen LogP) is 3.27. The minimum absolute atomic E-state index is 0.351. The molecule has 0 saturated carbocycles. The summed E-state index contributed by atoms with van der Waals surface area (Å²) in [5.74, 6) is -5.86. The molecule has 0 radical (unpaired) electrons. The summed E-state index contributed by atoms with van der Waals surface area (Å²) in [6.07, 6.45) is -10.2. The van der Waals surface area contributed by atoms with Crippen molar-refractivity contribution in [2.45, 2.75) is 12.4 Å². The SMILES string of the molecule is NC(=O)c1cc2ccccc2s1.O=C(O)C(F)(F)F.O=C(O)C(F)(F)F. The van der Waals surface area contributed by atoms with Crippen LogP contribution in [0.25, 0.3) is 10.1 Å². The van der Waals surface area contributed by atoms with Crippen LogP contribution in [0.1, 0.15) is 9.67 Å². The number of nitrogens with two attached hydrogens (primary N) is 1. The Morgan fingerprint density at radius 3 is 1.58 bits per heavy atom. The van der Waals surface area contributed by atoms with E-state index in [1.807, 2.05) is 30.3 Å². The number of fused-ring (bicyclic) bond motifs is 1. The molecule has 144 valence electrons. The van der Waals surface area contributed by atoms with E-state index in [-0.39, 0.29) is 5.91 Å². The Kier molecular flexibility index (Phi) is 8.05. The standard InChI is InChI=1S/C9H7NOS.2C2HF3O2/c10-9(11)8-5-6-3-1-2-4-7(6)12-8;2*3-2(4,5)1(6)7/h1-5H,(H2,10,11);2*(H,6,7). The second-order valence-corrected chi connectivity index (χ2v) is 5.20. The molecule has 6 nitrogen and oxygen atoms in total. The number of alkyl halides is 6. The van der Waals surface area contributed by atoms with Crippen molar-refractivity contribution in [3.8, 4) is 0 Å². The van der Waals surface area contributed by atoms with E-state index in [0.29, 0.717) is 4.88 Å². The molecule has 13 heteroatoms. The molecule has 0 unspecified atom stereocenters. The summed E-state index contributed by atoms with van der Waals surface area (Å²) >= 11 is 1.43. The molecular formula is C13H9F6NO5S. The lowest BCUT2D eigenvalue weighted by atomic mass is 10.2. The smallest absolute Gasteiger partial charge is 0.475 e. The van der Waals surface area contributed by atoms with Crippen LogP contribution in [-0.2, 0) is 9.59 Å². The predicted molar refractivity (Wildman–Crippen MR) is 77.7 cm³/mol. The lowest BCUT2D eigenvalue weighted by Gasteiger charge is -1.93. The van der Waals surface area contributed by atoms with E-state index in [1.165, 1.54) is 11.3 Å². The third kappa shape index (κ3) is 8.32. The Morgan fingerprint density at radius 1 is 0.885 bits per heavy atom. The van der Waals surface area contributed by atoms with Gasteiger partial charge in [-0.15, -0.1) is 11.3 Å². The summed E-state index contributed by atoms with van der Waals surface area (Å²) < 4.78 is 64.6. The number of halogens is 6. The maximum atomic E-state index is 10.8. The molecule has 0 saturated heterocycles. The van der Waals surface area contributed by atoms with Gasteiger partial charge < -0.3 is 15.9 Å². The van der Waals surface area contributed by atoms with Gasteiger partial charge in [0, 0.05) is 4.70 Å². The number of benzene rings is 1. The quantitative estimate of drug-likeness (QED) is 0.630. The zero-order valence-electron chi connectivity index (χ0n) is 12.3. The van der Waals surface area contributed by atoms with Crippen LogP contribution < -0.4 is 5.73 Å². The van der Waals surface area contributed by atoms with E-state index in [9.17, 15) is 31.1 Å². The summed E-state index contributed by atoms with van der Waals surface area (Å²) in [5, 5.41) is 15.3. The van der Waals surface area contributed by atoms with Crippen molar-refractivity contribution < 1.29 is 50.9 Å². The normalized spacial score (nSPS) is 10.8. The van der Waals surface area contributed by atoms with E-state index >= 15 is 0 Å². The van der Waals surface area contributed by atoms with Crippen LogP contribution in [0, 0.1) is 0 Å². The number of carboxylic acid groups (broad SMARTS) is 2. The highest BCUT2D eigenvalue weighted by Crippen LogP contribution is 2.24. The zero-order valence-corrected chi connectivity index (χ0v) is 13.1. The van der Waals surface area contributed by atoms with E-state index in [0.717, 1.165) is 10.1 Å². The third-order valence-electron chi connectivity index (χ3n) is 2.15. The fourth-order valence-electron chi connectivity index (χ4n) is 1.10. The van der Waals surface area contributed by atoms with Gasteiger partial charge in [-0.05, 0) is 17.5 Å². The minimum Gasteiger partial charge on any atom is -0.475 e. The monoisotopic (exact) mass is 405 g/mol. The summed E-state index contributed by atoms with van der Waals surface area (Å²) in [6.45, 7) is 0. The van der Waals surface area contributed by atoms with Gasteiger partial charge in [0.15, 0.2) is 0 Å². The second-order valence-electron chi connectivity index (χ2n) is 4.12. The average molecular weight is 405 g/mol. The van der Waals surface area contributed by atoms with Gasteiger partial charge in [-0.3, -0.25) is 4.79 Å². The maximum absolute atomic E-state index is 10.8. The largest absolute Gasteiger partial charge is 0.490 e.